The minimum Gasteiger partial charge on any atom is -0.348 e. The van der Waals surface area contributed by atoms with Gasteiger partial charge in [0.15, 0.2) is 0 Å². The van der Waals surface area contributed by atoms with Gasteiger partial charge in [0.25, 0.3) is 0 Å². The van der Waals surface area contributed by atoms with Crippen LogP contribution in [0.5, 0.6) is 0 Å². The first-order valence-corrected chi connectivity index (χ1v) is 11.6. The maximum atomic E-state index is 12.6. The minimum absolute atomic E-state index is 0.0343. The molecule has 2 aromatic rings. The van der Waals surface area contributed by atoms with Crippen LogP contribution in [0.1, 0.15) is 56.0 Å². The van der Waals surface area contributed by atoms with E-state index in [1.165, 1.54) is 5.56 Å². The van der Waals surface area contributed by atoms with Crippen molar-refractivity contribution < 1.29 is 13.2 Å². The second-order valence-electron chi connectivity index (χ2n) is 8.70. The molecule has 0 saturated carbocycles. The van der Waals surface area contributed by atoms with Gasteiger partial charge in [0, 0.05) is 0 Å². The van der Waals surface area contributed by atoms with Crippen LogP contribution in [0, 0.1) is 13.8 Å². The number of rotatable bonds is 6. The molecule has 1 unspecified atom stereocenters. The zero-order chi connectivity index (χ0) is 22.0. The van der Waals surface area contributed by atoms with E-state index in [0.29, 0.717) is 5.69 Å². The van der Waals surface area contributed by atoms with Crippen molar-refractivity contribution in [3.63, 3.8) is 0 Å². The number of nitrogens with zero attached hydrogens (tertiary/aromatic N) is 1. The van der Waals surface area contributed by atoms with Crippen LogP contribution in [0.3, 0.4) is 0 Å². The van der Waals surface area contributed by atoms with Crippen LogP contribution in [-0.2, 0) is 20.2 Å². The highest BCUT2D eigenvalue weighted by Crippen LogP contribution is 2.26. The number of anilines is 1. The molecule has 0 aliphatic rings. The summed E-state index contributed by atoms with van der Waals surface area (Å²) in [6.07, 6.45) is 1.12. The van der Waals surface area contributed by atoms with Gasteiger partial charge < -0.3 is 5.32 Å². The molecule has 0 bridgehead atoms. The largest absolute Gasteiger partial charge is 0.348 e. The molecule has 158 valence electrons. The Morgan fingerprint density at radius 2 is 1.62 bits per heavy atom. The van der Waals surface area contributed by atoms with E-state index in [1.54, 1.807) is 12.1 Å². The highest BCUT2D eigenvalue weighted by atomic mass is 32.2. The van der Waals surface area contributed by atoms with Crippen LogP contribution in [0.2, 0.25) is 0 Å². The molecule has 0 heterocycles. The van der Waals surface area contributed by atoms with E-state index >= 15 is 0 Å². The molecule has 0 aromatic heterocycles. The molecule has 1 amide bonds. The molecule has 0 radical (unpaired) electrons. The van der Waals surface area contributed by atoms with Gasteiger partial charge in [0.05, 0.1) is 18.0 Å². The third-order valence-corrected chi connectivity index (χ3v) is 6.26. The number of carbonyl (C=O) groups is 1. The molecule has 0 fully saturated rings. The third-order valence-electron chi connectivity index (χ3n) is 5.12. The van der Waals surface area contributed by atoms with E-state index in [9.17, 15) is 13.2 Å². The van der Waals surface area contributed by atoms with Crippen molar-refractivity contribution in [2.45, 2.75) is 53.0 Å². The van der Waals surface area contributed by atoms with Crippen molar-refractivity contribution in [3.05, 3.63) is 64.7 Å². The molecule has 5 nitrogen and oxygen atoms in total. The Hall–Kier alpha value is -2.34. The summed E-state index contributed by atoms with van der Waals surface area (Å²) in [6, 6.07) is 13.1. The van der Waals surface area contributed by atoms with Gasteiger partial charge in [0.2, 0.25) is 15.9 Å². The average molecular weight is 417 g/mol. The fourth-order valence-corrected chi connectivity index (χ4v) is 3.92. The van der Waals surface area contributed by atoms with Crippen molar-refractivity contribution in [1.29, 1.82) is 0 Å². The standard InChI is InChI=1S/C23H32N2O3S/c1-16-8-9-19(14-17(16)2)18(3)24-22(26)15-25(29(7,27)28)21-12-10-20(11-13-21)23(4,5)6/h8-14,18H,15H2,1-7H3,(H,24,26). The normalized spacial score (nSPS) is 13.1. The lowest BCUT2D eigenvalue weighted by atomic mass is 9.87. The second kappa shape index (κ2) is 8.57. The van der Waals surface area contributed by atoms with Crippen molar-refractivity contribution in [3.8, 4) is 0 Å². The van der Waals surface area contributed by atoms with E-state index in [2.05, 4.69) is 26.1 Å². The lowest BCUT2D eigenvalue weighted by Crippen LogP contribution is -2.41. The fourth-order valence-electron chi connectivity index (χ4n) is 3.06. The molecule has 6 heteroatoms. The average Bonchev–Trinajstić information content (AvgIpc) is 2.60. The van der Waals surface area contributed by atoms with Crippen LogP contribution >= 0.6 is 0 Å². The van der Waals surface area contributed by atoms with Gasteiger partial charge in [-0.05, 0) is 60.6 Å². The molecule has 29 heavy (non-hydrogen) atoms. The smallest absolute Gasteiger partial charge is 0.241 e. The number of sulfonamides is 1. The zero-order valence-electron chi connectivity index (χ0n) is 18.4. The predicted molar refractivity (Wildman–Crippen MR) is 120 cm³/mol. The Kier molecular flexibility index (Phi) is 6.78. The topological polar surface area (TPSA) is 66.5 Å². The third kappa shape index (κ3) is 6.07. The summed E-state index contributed by atoms with van der Waals surface area (Å²) in [6.45, 7) is 12.0. The number of hydrogen-bond acceptors (Lipinski definition) is 3. The molecule has 0 aliphatic heterocycles. The van der Waals surface area contributed by atoms with E-state index < -0.39 is 10.0 Å². The Bertz CT molecular complexity index is 974. The zero-order valence-corrected chi connectivity index (χ0v) is 19.2. The first-order valence-electron chi connectivity index (χ1n) is 9.74. The summed E-state index contributed by atoms with van der Waals surface area (Å²) in [5, 5.41) is 2.91. The predicted octanol–water partition coefficient (Wildman–Crippen LogP) is 4.24. The minimum atomic E-state index is -3.60. The van der Waals surface area contributed by atoms with Gasteiger partial charge >= 0.3 is 0 Å². The molecule has 1 N–H and O–H groups in total. The van der Waals surface area contributed by atoms with Gasteiger partial charge in [-0.3, -0.25) is 9.10 Å². The summed E-state index contributed by atoms with van der Waals surface area (Å²) >= 11 is 0. The van der Waals surface area contributed by atoms with Gasteiger partial charge in [-0.1, -0.05) is 51.1 Å². The number of benzene rings is 2. The summed E-state index contributed by atoms with van der Waals surface area (Å²) in [7, 11) is -3.60. The molecule has 0 spiro atoms. The summed E-state index contributed by atoms with van der Waals surface area (Å²) in [5.41, 5.74) is 4.88. The molecular formula is C23H32N2O3S. The number of aryl methyl sites for hydroxylation is 2. The molecular weight excluding hydrogens is 384 g/mol. The fraction of sp³-hybridized carbons (Fsp3) is 0.435. The maximum absolute atomic E-state index is 12.6. The van der Waals surface area contributed by atoms with E-state index in [-0.39, 0.29) is 23.9 Å². The van der Waals surface area contributed by atoms with E-state index in [1.807, 2.05) is 51.1 Å². The molecule has 0 aliphatic carbocycles. The van der Waals surface area contributed by atoms with Crippen molar-refractivity contribution in [2.75, 3.05) is 17.1 Å². The van der Waals surface area contributed by atoms with Gasteiger partial charge in [-0.25, -0.2) is 8.42 Å². The van der Waals surface area contributed by atoms with Crippen molar-refractivity contribution in [2.24, 2.45) is 0 Å². The van der Waals surface area contributed by atoms with Crippen LogP contribution < -0.4 is 9.62 Å². The van der Waals surface area contributed by atoms with Crippen molar-refractivity contribution >= 4 is 21.6 Å². The summed E-state index contributed by atoms with van der Waals surface area (Å²) in [4.78, 5) is 12.6. The lowest BCUT2D eigenvalue weighted by molar-refractivity contribution is -0.120. The molecule has 2 rings (SSSR count). The van der Waals surface area contributed by atoms with Crippen LogP contribution in [-0.4, -0.2) is 27.1 Å². The summed E-state index contributed by atoms with van der Waals surface area (Å²) < 4.78 is 25.8. The Balaban J connectivity index is 2.18. The number of hydrogen-bond donors (Lipinski definition) is 1. The molecule has 2 aromatic carbocycles. The van der Waals surface area contributed by atoms with Crippen LogP contribution in [0.25, 0.3) is 0 Å². The quantitative estimate of drug-likeness (QED) is 0.766. The van der Waals surface area contributed by atoms with E-state index in [4.69, 9.17) is 0 Å². The monoisotopic (exact) mass is 416 g/mol. The molecule has 0 saturated heterocycles. The van der Waals surface area contributed by atoms with Crippen LogP contribution in [0.15, 0.2) is 42.5 Å². The Labute approximate surface area is 175 Å². The lowest BCUT2D eigenvalue weighted by Gasteiger charge is -2.25. The van der Waals surface area contributed by atoms with Crippen molar-refractivity contribution in [1.82, 2.24) is 5.32 Å². The highest BCUT2D eigenvalue weighted by Gasteiger charge is 2.23. The maximum Gasteiger partial charge on any atom is 0.241 e. The van der Waals surface area contributed by atoms with Crippen LogP contribution in [0.4, 0.5) is 5.69 Å². The number of nitrogens with one attached hydrogen (secondary N) is 1. The van der Waals surface area contributed by atoms with Gasteiger partial charge in [0.1, 0.15) is 6.54 Å². The Morgan fingerprint density at radius 3 is 2.10 bits per heavy atom. The summed E-state index contributed by atoms with van der Waals surface area (Å²) in [5.74, 6) is -0.346. The van der Waals surface area contributed by atoms with Gasteiger partial charge in [-0.2, -0.15) is 0 Å². The SMILES string of the molecule is Cc1ccc(C(C)NC(=O)CN(c2ccc(C(C)(C)C)cc2)S(C)(=O)=O)cc1C. The first-order chi connectivity index (χ1) is 13.3. The van der Waals surface area contributed by atoms with Gasteiger partial charge in [-0.15, -0.1) is 0 Å². The number of carbonyl (C=O) groups excluding carboxylic acids is 1. The first kappa shape index (κ1) is 22.9. The Morgan fingerprint density at radius 1 is 1.03 bits per heavy atom. The highest BCUT2D eigenvalue weighted by molar-refractivity contribution is 7.92. The molecule has 1 atom stereocenters. The second-order valence-corrected chi connectivity index (χ2v) is 10.6. The number of amides is 1. The van der Waals surface area contributed by atoms with E-state index in [0.717, 1.165) is 27.3 Å².